The molecule has 1 aliphatic carbocycles. The Balaban J connectivity index is 1.51. The van der Waals surface area contributed by atoms with Crippen molar-refractivity contribution in [2.24, 2.45) is 11.3 Å². The molecule has 2 atom stereocenters. The van der Waals surface area contributed by atoms with Crippen molar-refractivity contribution in [3.8, 4) is 6.01 Å². The first kappa shape index (κ1) is 19.3. The maximum Gasteiger partial charge on any atom is 0.316 e. The van der Waals surface area contributed by atoms with Crippen LogP contribution in [0.1, 0.15) is 44.7 Å². The van der Waals surface area contributed by atoms with Gasteiger partial charge in [0.25, 0.3) is 10.0 Å². The molecule has 0 aromatic carbocycles. The van der Waals surface area contributed by atoms with Gasteiger partial charge in [-0.1, -0.05) is 6.42 Å². The van der Waals surface area contributed by atoms with Crippen molar-refractivity contribution in [1.29, 1.82) is 0 Å². The maximum absolute atomic E-state index is 13.1. The lowest BCUT2D eigenvalue weighted by Crippen LogP contribution is -2.36. The normalized spacial score (nSPS) is 25.4. The van der Waals surface area contributed by atoms with Gasteiger partial charge in [0, 0.05) is 43.1 Å². The number of hydrogen-bond acceptors (Lipinski definition) is 6. The van der Waals surface area contributed by atoms with Crippen LogP contribution in [0.4, 0.5) is 0 Å². The van der Waals surface area contributed by atoms with Crippen LogP contribution in [0.25, 0.3) is 0 Å². The zero-order valence-electron chi connectivity index (χ0n) is 16.6. The molecule has 0 bridgehead atoms. The molecule has 2 aromatic rings. The van der Waals surface area contributed by atoms with Gasteiger partial charge in [0.1, 0.15) is 0 Å². The molecule has 0 spiro atoms. The Bertz CT molecular complexity index is 941. The summed E-state index contributed by atoms with van der Waals surface area (Å²) < 4.78 is 35.6. The largest absolute Gasteiger partial charge is 0.463 e. The van der Waals surface area contributed by atoms with Crippen LogP contribution in [0.5, 0.6) is 6.01 Å². The van der Waals surface area contributed by atoms with Crippen LogP contribution >= 0.6 is 0 Å². The fourth-order valence-electron chi connectivity index (χ4n) is 4.31. The summed E-state index contributed by atoms with van der Waals surface area (Å²) in [5, 5.41) is 0.124. The first-order valence-corrected chi connectivity index (χ1v) is 11.2. The molecule has 152 valence electrons. The van der Waals surface area contributed by atoms with E-state index in [9.17, 15) is 8.42 Å². The zero-order valence-corrected chi connectivity index (χ0v) is 17.4. The van der Waals surface area contributed by atoms with E-state index in [1.165, 1.54) is 0 Å². The van der Waals surface area contributed by atoms with E-state index >= 15 is 0 Å². The number of imidazole rings is 1. The van der Waals surface area contributed by atoms with Crippen LogP contribution < -0.4 is 4.74 Å². The molecule has 1 saturated heterocycles. The van der Waals surface area contributed by atoms with Gasteiger partial charge in [0.15, 0.2) is 5.03 Å². The summed E-state index contributed by atoms with van der Waals surface area (Å²) in [6.07, 6.45) is 9.73. The van der Waals surface area contributed by atoms with Gasteiger partial charge in [-0.25, -0.2) is 23.4 Å². The third-order valence-corrected chi connectivity index (χ3v) is 7.73. The Labute approximate surface area is 166 Å². The first-order chi connectivity index (χ1) is 13.3. The van der Waals surface area contributed by atoms with Gasteiger partial charge in [-0.05, 0) is 45.1 Å². The SMILES string of the molecule is Cc1cnc(OCC23CCCC2CN(S(=O)(=O)c2cn(C(C)C)cn2)C3)nc1. The second-order valence-electron chi connectivity index (χ2n) is 8.33. The topological polar surface area (TPSA) is 90.2 Å². The molecule has 1 saturated carbocycles. The average molecular weight is 406 g/mol. The van der Waals surface area contributed by atoms with E-state index in [2.05, 4.69) is 15.0 Å². The van der Waals surface area contributed by atoms with Crippen LogP contribution in [0.15, 0.2) is 29.9 Å². The minimum absolute atomic E-state index is 0.124. The monoisotopic (exact) mass is 405 g/mol. The van der Waals surface area contributed by atoms with Gasteiger partial charge in [0.05, 0.1) is 12.9 Å². The minimum atomic E-state index is -3.61. The maximum atomic E-state index is 13.1. The van der Waals surface area contributed by atoms with Crippen molar-refractivity contribution in [2.45, 2.75) is 51.1 Å². The number of rotatable bonds is 6. The van der Waals surface area contributed by atoms with Gasteiger partial charge >= 0.3 is 6.01 Å². The molecule has 0 radical (unpaired) electrons. The van der Waals surface area contributed by atoms with Gasteiger partial charge in [-0.2, -0.15) is 4.31 Å². The quantitative estimate of drug-likeness (QED) is 0.733. The molecule has 4 rings (SSSR count). The molecule has 0 amide bonds. The molecule has 28 heavy (non-hydrogen) atoms. The summed E-state index contributed by atoms with van der Waals surface area (Å²) >= 11 is 0. The van der Waals surface area contributed by atoms with E-state index < -0.39 is 10.0 Å². The summed E-state index contributed by atoms with van der Waals surface area (Å²) in [5.74, 6) is 0.292. The van der Waals surface area contributed by atoms with Gasteiger partial charge in [0.2, 0.25) is 0 Å². The standard InChI is InChI=1S/C19H27N5O3S/c1-14(2)23-10-17(22-13-23)28(25,26)24-9-16-5-4-6-19(16,11-24)12-27-18-20-7-15(3)8-21-18/h7-8,10,13-14,16H,4-6,9,11-12H2,1-3H3. The number of aromatic nitrogens is 4. The summed E-state index contributed by atoms with van der Waals surface area (Å²) in [6.45, 7) is 7.34. The van der Waals surface area contributed by atoms with E-state index in [0.29, 0.717) is 31.6 Å². The number of nitrogens with zero attached hydrogens (tertiary/aromatic N) is 5. The Morgan fingerprint density at radius 1 is 1.29 bits per heavy atom. The molecular formula is C19H27N5O3S. The number of sulfonamides is 1. The van der Waals surface area contributed by atoms with Crippen molar-refractivity contribution in [2.75, 3.05) is 19.7 Å². The highest BCUT2D eigenvalue weighted by Gasteiger charge is 2.53. The molecule has 9 heteroatoms. The highest BCUT2D eigenvalue weighted by molar-refractivity contribution is 7.89. The number of ether oxygens (including phenoxy) is 1. The molecule has 1 aliphatic heterocycles. The van der Waals surface area contributed by atoms with Gasteiger partial charge < -0.3 is 9.30 Å². The Morgan fingerprint density at radius 3 is 2.71 bits per heavy atom. The highest BCUT2D eigenvalue weighted by atomic mass is 32.2. The lowest BCUT2D eigenvalue weighted by molar-refractivity contribution is 0.126. The highest BCUT2D eigenvalue weighted by Crippen LogP contribution is 2.49. The Morgan fingerprint density at radius 2 is 2.04 bits per heavy atom. The second-order valence-corrected chi connectivity index (χ2v) is 10.2. The van der Waals surface area contributed by atoms with E-state index in [1.54, 1.807) is 29.2 Å². The third kappa shape index (κ3) is 3.41. The Hall–Kier alpha value is -2.00. The summed E-state index contributed by atoms with van der Waals surface area (Å²) in [5.41, 5.74) is 0.797. The number of fused-ring (bicyclic) bond motifs is 1. The molecular weight excluding hydrogens is 378 g/mol. The Kier molecular flexibility index (Phi) is 4.91. The predicted molar refractivity (Wildman–Crippen MR) is 103 cm³/mol. The van der Waals surface area contributed by atoms with Crippen LogP contribution in [-0.2, 0) is 10.0 Å². The summed E-state index contributed by atoms with van der Waals surface area (Å²) in [6, 6.07) is 0.520. The van der Waals surface area contributed by atoms with E-state index in [0.717, 1.165) is 24.8 Å². The molecule has 8 nitrogen and oxygen atoms in total. The van der Waals surface area contributed by atoms with Crippen LogP contribution in [0.2, 0.25) is 0 Å². The van der Waals surface area contributed by atoms with Crippen LogP contribution in [-0.4, -0.2) is 51.9 Å². The van der Waals surface area contributed by atoms with Crippen LogP contribution in [0.3, 0.4) is 0 Å². The molecule has 3 heterocycles. The average Bonchev–Trinajstić information content (AvgIpc) is 3.35. The van der Waals surface area contributed by atoms with Crippen molar-refractivity contribution in [1.82, 2.24) is 23.8 Å². The molecule has 2 unspecified atom stereocenters. The molecule has 2 aliphatic rings. The van der Waals surface area contributed by atoms with Crippen molar-refractivity contribution < 1.29 is 13.2 Å². The van der Waals surface area contributed by atoms with Crippen molar-refractivity contribution in [3.05, 3.63) is 30.5 Å². The van der Waals surface area contributed by atoms with Gasteiger partial charge in [-0.15, -0.1) is 0 Å². The lowest BCUT2D eigenvalue weighted by atomic mass is 9.82. The molecule has 2 fully saturated rings. The van der Waals surface area contributed by atoms with Crippen molar-refractivity contribution >= 4 is 10.0 Å². The fourth-order valence-corrected chi connectivity index (χ4v) is 5.82. The summed E-state index contributed by atoms with van der Waals surface area (Å²) in [7, 11) is -3.61. The van der Waals surface area contributed by atoms with Crippen LogP contribution in [0, 0.1) is 18.3 Å². The first-order valence-electron chi connectivity index (χ1n) is 9.75. The van der Waals surface area contributed by atoms with E-state index in [4.69, 9.17) is 4.74 Å². The lowest BCUT2D eigenvalue weighted by Gasteiger charge is -2.28. The minimum Gasteiger partial charge on any atom is -0.463 e. The molecule has 2 aromatic heterocycles. The van der Waals surface area contributed by atoms with E-state index in [1.807, 2.05) is 25.3 Å². The van der Waals surface area contributed by atoms with Gasteiger partial charge in [-0.3, -0.25) is 0 Å². The summed E-state index contributed by atoms with van der Waals surface area (Å²) in [4.78, 5) is 12.6. The van der Waals surface area contributed by atoms with E-state index in [-0.39, 0.29) is 16.5 Å². The number of aryl methyl sites for hydroxylation is 1. The number of hydrogen-bond donors (Lipinski definition) is 0. The third-order valence-electron chi connectivity index (χ3n) is 6.03. The smallest absolute Gasteiger partial charge is 0.316 e. The predicted octanol–water partition coefficient (Wildman–Crippen LogP) is 2.43. The van der Waals surface area contributed by atoms with Crippen molar-refractivity contribution in [3.63, 3.8) is 0 Å². The molecule has 0 N–H and O–H groups in total. The zero-order chi connectivity index (χ0) is 19.9. The second kappa shape index (κ2) is 7.11. The fraction of sp³-hybridized carbons (Fsp3) is 0.632.